The average Bonchev–Trinajstić information content (AvgIpc) is 3.15. The highest BCUT2D eigenvalue weighted by Crippen LogP contribution is 2.35. The van der Waals surface area contributed by atoms with Gasteiger partial charge in [0, 0.05) is 12.1 Å². The van der Waals surface area contributed by atoms with Gasteiger partial charge in [-0.05, 0) is 61.0 Å². The van der Waals surface area contributed by atoms with Crippen molar-refractivity contribution in [2.75, 3.05) is 18.9 Å². The summed E-state index contributed by atoms with van der Waals surface area (Å²) in [6.07, 6.45) is 1.69. The average molecular weight is 340 g/mol. The van der Waals surface area contributed by atoms with Crippen molar-refractivity contribution in [2.45, 2.75) is 11.4 Å². The van der Waals surface area contributed by atoms with Gasteiger partial charge in [0.15, 0.2) is 0 Å². The molecule has 0 bridgehead atoms. The molecule has 0 amide bonds. The number of methoxy groups -OCH3 is 1. The van der Waals surface area contributed by atoms with E-state index in [0.29, 0.717) is 0 Å². The van der Waals surface area contributed by atoms with Crippen molar-refractivity contribution in [1.82, 2.24) is 5.32 Å². The summed E-state index contributed by atoms with van der Waals surface area (Å²) in [6.45, 7) is 0.812. The molecule has 0 atom stereocenters. The SMILES string of the molecule is CNCc1ccc(-c2ccco2)c(NSc2ccccc2OC)c1. The Labute approximate surface area is 146 Å². The molecule has 0 aliphatic rings. The van der Waals surface area contributed by atoms with Crippen molar-refractivity contribution in [3.63, 3.8) is 0 Å². The molecule has 24 heavy (non-hydrogen) atoms. The molecule has 4 nitrogen and oxygen atoms in total. The van der Waals surface area contributed by atoms with Gasteiger partial charge in [-0.3, -0.25) is 0 Å². The van der Waals surface area contributed by atoms with E-state index in [1.807, 2.05) is 43.4 Å². The Bertz CT molecular complexity index is 788. The molecule has 0 radical (unpaired) electrons. The molecule has 3 rings (SSSR count). The van der Waals surface area contributed by atoms with Gasteiger partial charge in [0.2, 0.25) is 0 Å². The van der Waals surface area contributed by atoms with Crippen LogP contribution >= 0.6 is 11.9 Å². The Morgan fingerprint density at radius 1 is 1.08 bits per heavy atom. The fourth-order valence-corrected chi connectivity index (χ4v) is 3.24. The molecule has 3 aromatic rings. The zero-order chi connectivity index (χ0) is 16.8. The summed E-state index contributed by atoms with van der Waals surface area (Å²) >= 11 is 1.53. The first-order chi connectivity index (χ1) is 11.8. The molecule has 0 fully saturated rings. The van der Waals surface area contributed by atoms with Gasteiger partial charge in [-0.15, -0.1) is 0 Å². The normalized spacial score (nSPS) is 10.6. The van der Waals surface area contributed by atoms with Crippen molar-refractivity contribution in [2.24, 2.45) is 0 Å². The molecule has 0 saturated carbocycles. The molecule has 1 heterocycles. The number of furan rings is 1. The Balaban J connectivity index is 1.88. The zero-order valence-corrected chi connectivity index (χ0v) is 14.5. The zero-order valence-electron chi connectivity index (χ0n) is 13.7. The van der Waals surface area contributed by atoms with Crippen LogP contribution in [-0.2, 0) is 6.54 Å². The van der Waals surface area contributed by atoms with Crippen molar-refractivity contribution in [1.29, 1.82) is 0 Å². The number of ether oxygens (including phenoxy) is 1. The predicted octanol–water partition coefficient (Wildman–Crippen LogP) is 4.79. The molecular formula is C19H20N2O2S. The molecule has 0 spiro atoms. The van der Waals surface area contributed by atoms with E-state index in [1.54, 1.807) is 13.4 Å². The largest absolute Gasteiger partial charge is 0.496 e. The third-order valence-corrected chi connectivity index (χ3v) is 4.47. The molecule has 124 valence electrons. The summed E-state index contributed by atoms with van der Waals surface area (Å²) in [5.74, 6) is 1.69. The lowest BCUT2D eigenvalue weighted by Gasteiger charge is -2.13. The van der Waals surface area contributed by atoms with Crippen molar-refractivity contribution in [3.05, 3.63) is 66.4 Å². The van der Waals surface area contributed by atoms with E-state index < -0.39 is 0 Å². The molecule has 1 aromatic heterocycles. The molecule has 2 aromatic carbocycles. The summed E-state index contributed by atoms with van der Waals surface area (Å²) in [6, 6.07) is 18.1. The van der Waals surface area contributed by atoms with E-state index >= 15 is 0 Å². The van der Waals surface area contributed by atoms with Gasteiger partial charge in [0.05, 0.1) is 24.0 Å². The highest BCUT2D eigenvalue weighted by molar-refractivity contribution is 8.00. The van der Waals surface area contributed by atoms with Gasteiger partial charge in [-0.25, -0.2) is 0 Å². The van der Waals surface area contributed by atoms with Gasteiger partial charge in [-0.2, -0.15) is 0 Å². The number of benzene rings is 2. The van der Waals surface area contributed by atoms with Crippen LogP contribution < -0.4 is 14.8 Å². The number of para-hydroxylation sites is 1. The first-order valence-corrected chi connectivity index (χ1v) is 8.50. The highest BCUT2D eigenvalue weighted by Gasteiger charge is 2.10. The predicted molar refractivity (Wildman–Crippen MR) is 99.4 cm³/mol. The van der Waals surface area contributed by atoms with E-state index in [4.69, 9.17) is 9.15 Å². The van der Waals surface area contributed by atoms with Crippen LogP contribution in [0.2, 0.25) is 0 Å². The van der Waals surface area contributed by atoms with E-state index in [2.05, 4.69) is 28.2 Å². The molecule has 0 aliphatic heterocycles. The summed E-state index contributed by atoms with van der Waals surface area (Å²) in [4.78, 5) is 1.03. The van der Waals surface area contributed by atoms with E-state index in [9.17, 15) is 0 Å². The molecule has 5 heteroatoms. The number of hydrogen-bond acceptors (Lipinski definition) is 5. The van der Waals surface area contributed by atoms with Gasteiger partial charge >= 0.3 is 0 Å². The van der Waals surface area contributed by atoms with E-state index in [1.165, 1.54) is 17.5 Å². The van der Waals surface area contributed by atoms with Crippen LogP contribution in [0.5, 0.6) is 5.75 Å². The standard InChI is InChI=1S/C19H20N2O2S/c1-20-13-14-9-10-15(17-7-5-11-23-17)16(12-14)21-24-19-8-4-3-6-18(19)22-2/h3-12,20-21H,13H2,1-2H3. The van der Waals surface area contributed by atoms with Crippen LogP contribution in [0.1, 0.15) is 5.56 Å². The Morgan fingerprint density at radius 2 is 1.96 bits per heavy atom. The van der Waals surface area contributed by atoms with Crippen LogP contribution in [0.25, 0.3) is 11.3 Å². The molecular weight excluding hydrogens is 320 g/mol. The minimum atomic E-state index is 0.812. The first-order valence-electron chi connectivity index (χ1n) is 7.69. The summed E-state index contributed by atoms with van der Waals surface area (Å²) < 4.78 is 14.4. The van der Waals surface area contributed by atoms with Crippen molar-refractivity contribution >= 4 is 17.6 Å². The molecule has 2 N–H and O–H groups in total. The van der Waals surface area contributed by atoms with Crippen LogP contribution in [0.4, 0.5) is 5.69 Å². The maximum absolute atomic E-state index is 5.57. The Kier molecular flexibility index (Phi) is 5.46. The smallest absolute Gasteiger partial charge is 0.135 e. The Hall–Kier alpha value is -2.37. The van der Waals surface area contributed by atoms with E-state index in [-0.39, 0.29) is 0 Å². The van der Waals surface area contributed by atoms with Gasteiger partial charge in [0.25, 0.3) is 0 Å². The highest BCUT2D eigenvalue weighted by atomic mass is 32.2. The van der Waals surface area contributed by atoms with E-state index in [0.717, 1.165) is 34.2 Å². The van der Waals surface area contributed by atoms with Crippen LogP contribution in [0, 0.1) is 0 Å². The van der Waals surface area contributed by atoms with Gasteiger partial charge < -0.3 is 19.2 Å². The minimum Gasteiger partial charge on any atom is -0.496 e. The van der Waals surface area contributed by atoms with Gasteiger partial charge in [0.1, 0.15) is 11.5 Å². The molecule has 0 saturated heterocycles. The third kappa shape index (κ3) is 3.75. The van der Waals surface area contributed by atoms with Crippen LogP contribution in [0.15, 0.2) is 70.2 Å². The Morgan fingerprint density at radius 3 is 2.71 bits per heavy atom. The van der Waals surface area contributed by atoms with Crippen LogP contribution in [0.3, 0.4) is 0 Å². The number of rotatable bonds is 7. The maximum atomic E-state index is 5.57. The second-order valence-corrected chi connectivity index (χ2v) is 6.09. The maximum Gasteiger partial charge on any atom is 0.135 e. The lowest BCUT2D eigenvalue weighted by molar-refractivity contribution is 0.405. The second kappa shape index (κ2) is 7.95. The monoisotopic (exact) mass is 340 g/mol. The van der Waals surface area contributed by atoms with Crippen molar-refractivity contribution < 1.29 is 9.15 Å². The van der Waals surface area contributed by atoms with Crippen LogP contribution in [-0.4, -0.2) is 14.2 Å². The fraction of sp³-hybridized carbons (Fsp3) is 0.158. The molecule has 0 aliphatic carbocycles. The second-order valence-electron chi connectivity index (χ2n) is 5.24. The third-order valence-electron chi connectivity index (χ3n) is 3.59. The fourth-order valence-electron chi connectivity index (χ4n) is 2.45. The van der Waals surface area contributed by atoms with Crippen molar-refractivity contribution in [3.8, 4) is 17.1 Å². The number of anilines is 1. The van der Waals surface area contributed by atoms with Gasteiger partial charge in [-0.1, -0.05) is 18.2 Å². The summed E-state index contributed by atoms with van der Waals surface area (Å²) in [7, 11) is 3.62. The summed E-state index contributed by atoms with van der Waals surface area (Å²) in [5.41, 5.74) is 3.24. The lowest BCUT2D eigenvalue weighted by Crippen LogP contribution is -2.05. The topological polar surface area (TPSA) is 46.4 Å². The number of nitrogens with one attached hydrogen (secondary N) is 2. The lowest BCUT2D eigenvalue weighted by atomic mass is 10.1. The summed E-state index contributed by atoms with van der Waals surface area (Å²) in [5, 5.41) is 3.18. The number of hydrogen-bond donors (Lipinski definition) is 2. The first kappa shape index (κ1) is 16.5. The quantitative estimate of drug-likeness (QED) is 0.605. The molecule has 0 unspecified atom stereocenters. The minimum absolute atomic E-state index is 0.812.